The van der Waals surface area contributed by atoms with Gasteiger partial charge < -0.3 is 15.3 Å². The summed E-state index contributed by atoms with van der Waals surface area (Å²) in [5, 5.41) is 33.3. The molecule has 1 fully saturated rings. The van der Waals surface area contributed by atoms with E-state index in [2.05, 4.69) is 6.58 Å². The van der Waals surface area contributed by atoms with Crippen molar-refractivity contribution in [1.82, 2.24) is 0 Å². The number of carbonyl (C=O) groups is 2. The maximum Gasteiger partial charge on any atom is 0.183 e. The second kappa shape index (κ2) is 8.78. The Kier molecular flexibility index (Phi) is 7.11. The molecule has 3 N–H and O–H groups in total. The van der Waals surface area contributed by atoms with E-state index in [1.165, 1.54) is 0 Å². The molecule has 0 heterocycles. The first-order chi connectivity index (χ1) is 14.1. The van der Waals surface area contributed by atoms with E-state index in [4.69, 9.17) is 0 Å². The summed E-state index contributed by atoms with van der Waals surface area (Å²) in [7, 11) is 0. The van der Waals surface area contributed by atoms with E-state index in [9.17, 15) is 24.9 Å². The molecule has 0 aromatic heterocycles. The van der Waals surface area contributed by atoms with Crippen LogP contribution >= 0.6 is 0 Å². The first-order valence-corrected chi connectivity index (χ1v) is 11.1. The molecular formula is C26H38O5. The van der Waals surface area contributed by atoms with Crippen LogP contribution in [0.2, 0.25) is 0 Å². The maximum atomic E-state index is 13.4. The minimum Gasteiger partial charge on any atom is -0.511 e. The summed E-state index contributed by atoms with van der Waals surface area (Å²) in [4.78, 5) is 26.3. The summed E-state index contributed by atoms with van der Waals surface area (Å²) in [6, 6.07) is 0. The number of Topliss-reactive ketones (excluding diaryl/α,β-unsaturated/α-hetero) is 2. The van der Waals surface area contributed by atoms with E-state index in [0.29, 0.717) is 6.42 Å². The highest BCUT2D eigenvalue weighted by Crippen LogP contribution is 2.50. The summed E-state index contributed by atoms with van der Waals surface area (Å²) in [5.74, 6) is -2.40. The van der Waals surface area contributed by atoms with Gasteiger partial charge in [0.2, 0.25) is 0 Å². The molecule has 172 valence electrons. The van der Waals surface area contributed by atoms with Crippen LogP contribution in [-0.2, 0) is 9.59 Å². The summed E-state index contributed by atoms with van der Waals surface area (Å²) >= 11 is 0. The summed E-state index contributed by atoms with van der Waals surface area (Å²) in [6.45, 7) is 16.5. The van der Waals surface area contributed by atoms with Crippen LogP contribution in [0, 0.1) is 23.2 Å². The lowest BCUT2D eigenvalue weighted by molar-refractivity contribution is -0.128. The van der Waals surface area contributed by atoms with Crippen molar-refractivity contribution in [2.75, 3.05) is 0 Å². The van der Waals surface area contributed by atoms with Crippen molar-refractivity contribution in [2.45, 2.75) is 79.8 Å². The van der Waals surface area contributed by atoms with E-state index in [1.54, 1.807) is 27.7 Å². The Hall–Kier alpha value is -2.14. The zero-order valence-electron chi connectivity index (χ0n) is 20.0. The lowest BCUT2D eigenvalue weighted by Crippen LogP contribution is -2.41. The fraction of sp³-hybridized carbons (Fsp3) is 0.615. The molecule has 1 saturated carbocycles. The second-order valence-corrected chi connectivity index (χ2v) is 10.4. The summed E-state index contributed by atoms with van der Waals surface area (Å²) in [5.41, 5.74) is -0.480. The van der Waals surface area contributed by atoms with Crippen LogP contribution in [0.25, 0.3) is 0 Å². The Morgan fingerprint density at radius 1 is 1.23 bits per heavy atom. The van der Waals surface area contributed by atoms with Crippen LogP contribution in [0.15, 0.2) is 46.5 Å². The van der Waals surface area contributed by atoms with Gasteiger partial charge in [0.15, 0.2) is 11.6 Å². The molecule has 2 aliphatic rings. The Bertz CT molecular complexity index is 879. The third-order valence-corrected chi connectivity index (χ3v) is 7.05. The van der Waals surface area contributed by atoms with Gasteiger partial charge in [-0.1, -0.05) is 37.6 Å². The van der Waals surface area contributed by atoms with Crippen molar-refractivity contribution in [3.63, 3.8) is 0 Å². The van der Waals surface area contributed by atoms with Crippen molar-refractivity contribution >= 4 is 11.6 Å². The number of ketones is 2. The van der Waals surface area contributed by atoms with Crippen LogP contribution in [0.1, 0.15) is 74.1 Å². The molecule has 0 radical (unpaired) electrons. The Morgan fingerprint density at radius 2 is 1.81 bits per heavy atom. The van der Waals surface area contributed by atoms with Gasteiger partial charge in [-0.15, -0.1) is 0 Å². The zero-order chi connectivity index (χ0) is 23.9. The smallest absolute Gasteiger partial charge is 0.183 e. The van der Waals surface area contributed by atoms with Crippen LogP contribution in [0.4, 0.5) is 0 Å². The van der Waals surface area contributed by atoms with Gasteiger partial charge in [-0.3, -0.25) is 9.59 Å². The molecule has 0 saturated heterocycles. The predicted octanol–water partition coefficient (Wildman–Crippen LogP) is 5.52. The first kappa shape index (κ1) is 25.1. The third kappa shape index (κ3) is 4.57. The highest BCUT2D eigenvalue weighted by atomic mass is 16.3. The van der Waals surface area contributed by atoms with Crippen molar-refractivity contribution in [1.29, 1.82) is 0 Å². The number of hydrogen-bond acceptors (Lipinski definition) is 5. The van der Waals surface area contributed by atoms with E-state index >= 15 is 0 Å². The number of carbonyl (C=O) groups excluding carboxylic acids is 2. The fourth-order valence-electron chi connectivity index (χ4n) is 4.83. The zero-order valence-corrected chi connectivity index (χ0v) is 20.0. The normalized spacial score (nSPS) is 31.5. The topological polar surface area (TPSA) is 94.8 Å². The lowest BCUT2D eigenvalue weighted by Gasteiger charge is -2.37. The lowest BCUT2D eigenvalue weighted by atomic mass is 9.67. The predicted molar refractivity (Wildman–Crippen MR) is 123 cm³/mol. The highest BCUT2D eigenvalue weighted by molar-refractivity contribution is 6.24. The van der Waals surface area contributed by atoms with Gasteiger partial charge in [0.25, 0.3) is 0 Å². The van der Waals surface area contributed by atoms with E-state index in [1.807, 2.05) is 26.8 Å². The van der Waals surface area contributed by atoms with Crippen molar-refractivity contribution in [3.8, 4) is 0 Å². The van der Waals surface area contributed by atoms with Gasteiger partial charge in [0, 0.05) is 11.5 Å². The molecule has 0 aromatic rings. The Morgan fingerprint density at radius 3 is 2.29 bits per heavy atom. The number of aliphatic hydroxyl groups is 3. The third-order valence-electron chi connectivity index (χ3n) is 7.05. The standard InChI is InChI=1S/C26H38O5/c1-14(2)9-11-25(7)23(29)18(22(28)20(24(25)30)21(27)16(5)6)13-19-17(15(3)4)10-12-26(19,8)31/h9,16-17,19,28-29,31H,3,10-13H2,1-2,4-8H3/t17-,19-,25+,26+/m1/s1. The van der Waals surface area contributed by atoms with Gasteiger partial charge in [-0.05, 0) is 72.1 Å². The molecule has 2 rings (SSSR count). The van der Waals surface area contributed by atoms with Crippen LogP contribution in [0.5, 0.6) is 0 Å². The molecule has 0 amide bonds. The average molecular weight is 431 g/mol. The van der Waals surface area contributed by atoms with E-state index in [-0.39, 0.29) is 41.6 Å². The first-order valence-electron chi connectivity index (χ1n) is 11.1. The highest BCUT2D eigenvalue weighted by Gasteiger charge is 2.51. The van der Waals surface area contributed by atoms with Gasteiger partial charge in [-0.25, -0.2) is 0 Å². The monoisotopic (exact) mass is 430 g/mol. The van der Waals surface area contributed by atoms with Crippen molar-refractivity contribution < 1.29 is 24.9 Å². The van der Waals surface area contributed by atoms with Crippen molar-refractivity contribution in [2.24, 2.45) is 23.2 Å². The minimum atomic E-state index is -1.35. The minimum absolute atomic E-state index is 0.0222. The molecule has 0 bridgehead atoms. The fourth-order valence-corrected chi connectivity index (χ4v) is 4.83. The maximum absolute atomic E-state index is 13.4. The second-order valence-electron chi connectivity index (χ2n) is 10.4. The molecular weight excluding hydrogens is 392 g/mol. The van der Waals surface area contributed by atoms with Crippen molar-refractivity contribution in [3.05, 3.63) is 46.5 Å². The van der Waals surface area contributed by atoms with Gasteiger partial charge in [0.05, 0.1) is 11.0 Å². The van der Waals surface area contributed by atoms with Crippen LogP contribution in [-0.4, -0.2) is 32.5 Å². The van der Waals surface area contributed by atoms with Crippen LogP contribution < -0.4 is 0 Å². The molecule has 0 spiro atoms. The number of aliphatic hydroxyl groups excluding tert-OH is 2. The van der Waals surface area contributed by atoms with Gasteiger partial charge in [-0.2, -0.15) is 0 Å². The Labute approximate surface area is 186 Å². The number of hydrogen-bond donors (Lipinski definition) is 3. The van der Waals surface area contributed by atoms with E-state index in [0.717, 1.165) is 17.6 Å². The number of rotatable bonds is 7. The molecule has 5 nitrogen and oxygen atoms in total. The quantitative estimate of drug-likeness (QED) is 0.365. The van der Waals surface area contributed by atoms with Gasteiger partial charge >= 0.3 is 0 Å². The molecule has 0 aromatic carbocycles. The SMILES string of the molecule is C=C(C)[C@H]1CC[C@](C)(O)[C@@H]1CC1=C(O)[C@](C)(CC=C(C)C)C(=O)C(C(=O)C(C)C)=C1O. The van der Waals surface area contributed by atoms with Gasteiger partial charge in [0.1, 0.15) is 17.1 Å². The molecule has 4 atom stereocenters. The Balaban J connectivity index is 2.68. The molecule has 0 unspecified atom stereocenters. The molecule has 31 heavy (non-hydrogen) atoms. The van der Waals surface area contributed by atoms with E-state index < -0.39 is 34.3 Å². The summed E-state index contributed by atoms with van der Waals surface area (Å²) < 4.78 is 0. The average Bonchev–Trinajstić information content (AvgIpc) is 2.96. The molecule has 2 aliphatic carbocycles. The molecule has 5 heteroatoms. The largest absolute Gasteiger partial charge is 0.511 e. The molecule has 0 aliphatic heterocycles. The van der Waals surface area contributed by atoms with Crippen LogP contribution in [0.3, 0.4) is 0 Å². The summed E-state index contributed by atoms with van der Waals surface area (Å²) in [6.07, 6.45) is 3.58. The number of allylic oxidation sites excluding steroid dienone is 6.